The van der Waals surface area contributed by atoms with Gasteiger partial charge >= 0.3 is 5.97 Å². The Labute approximate surface area is 184 Å². The number of rotatable bonds is 8. The molecule has 0 unspecified atom stereocenters. The Morgan fingerprint density at radius 1 is 0.774 bits per heavy atom. The van der Waals surface area contributed by atoms with Crippen LogP contribution in [0.25, 0.3) is 0 Å². The molecule has 0 aromatic heterocycles. The highest BCUT2D eigenvalue weighted by Gasteiger charge is 2.13. The molecule has 0 aliphatic rings. The van der Waals surface area contributed by atoms with E-state index in [0.29, 0.717) is 11.3 Å². The van der Waals surface area contributed by atoms with Crippen LogP contribution < -0.4 is 9.64 Å². The van der Waals surface area contributed by atoms with Crippen LogP contribution in [0.5, 0.6) is 5.75 Å². The lowest BCUT2D eigenvalue weighted by molar-refractivity contribution is -0.135. The number of carbonyl (C=O) groups excluding carboxylic acids is 1. The molecule has 0 radical (unpaired) electrons. The number of aryl methyl sites for hydroxylation is 2. The smallest absolute Gasteiger partial charge is 0.338 e. The highest BCUT2D eigenvalue weighted by Crippen LogP contribution is 2.35. The van der Waals surface area contributed by atoms with Gasteiger partial charge in [0, 0.05) is 22.6 Å². The number of esters is 1. The first-order valence-electron chi connectivity index (χ1n) is 10.1. The third-order valence-electron chi connectivity index (χ3n) is 4.66. The molecule has 0 aliphatic carbocycles. The van der Waals surface area contributed by atoms with E-state index < -0.39 is 5.97 Å². The Balaban J connectivity index is 1.78. The predicted molar refractivity (Wildman–Crippen MR) is 126 cm³/mol. The van der Waals surface area contributed by atoms with Gasteiger partial charge in [-0.05, 0) is 69.3 Å². The van der Waals surface area contributed by atoms with Gasteiger partial charge in [0.15, 0.2) is 0 Å². The zero-order chi connectivity index (χ0) is 22.4. The zero-order valence-corrected chi connectivity index (χ0v) is 18.2. The van der Waals surface area contributed by atoms with Crippen molar-refractivity contribution in [2.45, 2.75) is 20.8 Å². The van der Waals surface area contributed by atoms with E-state index in [2.05, 4.69) is 80.4 Å². The maximum absolute atomic E-state index is 11.6. The summed E-state index contributed by atoms with van der Waals surface area (Å²) < 4.78 is 10.8. The summed E-state index contributed by atoms with van der Waals surface area (Å²) in [6.45, 7) is 13.1. The third-order valence-corrected chi connectivity index (χ3v) is 4.66. The number of hydrogen-bond donors (Lipinski definition) is 0. The van der Waals surface area contributed by atoms with Gasteiger partial charge in [-0.3, -0.25) is 0 Å². The normalized spacial score (nSPS) is 10.3. The van der Waals surface area contributed by atoms with Crippen LogP contribution in [0.4, 0.5) is 17.1 Å². The van der Waals surface area contributed by atoms with Crippen molar-refractivity contribution in [3.05, 3.63) is 108 Å². The second-order valence-corrected chi connectivity index (χ2v) is 7.50. The average molecular weight is 414 g/mol. The second-order valence-electron chi connectivity index (χ2n) is 7.50. The average Bonchev–Trinajstić information content (AvgIpc) is 2.76. The molecule has 31 heavy (non-hydrogen) atoms. The van der Waals surface area contributed by atoms with E-state index in [-0.39, 0.29) is 12.4 Å². The lowest BCUT2D eigenvalue weighted by Gasteiger charge is -2.26. The van der Waals surface area contributed by atoms with Crippen molar-refractivity contribution < 1.29 is 14.3 Å². The summed E-state index contributed by atoms with van der Waals surface area (Å²) in [4.78, 5) is 13.7. The van der Waals surface area contributed by atoms with Crippen molar-refractivity contribution in [3.63, 3.8) is 0 Å². The Kier molecular flexibility index (Phi) is 6.93. The fraction of sp³-hybridized carbons (Fsp3) is 0.148. The van der Waals surface area contributed by atoms with Crippen molar-refractivity contribution in [1.29, 1.82) is 0 Å². The molecular formula is C27H27NO3. The van der Waals surface area contributed by atoms with Gasteiger partial charge in [-0.1, -0.05) is 48.6 Å². The topological polar surface area (TPSA) is 38.8 Å². The molecule has 0 amide bonds. The Hall–Kier alpha value is -3.79. The van der Waals surface area contributed by atoms with Crippen LogP contribution in [-0.4, -0.2) is 12.6 Å². The Morgan fingerprint density at radius 2 is 1.19 bits per heavy atom. The minimum absolute atomic E-state index is 0.0814. The van der Waals surface area contributed by atoms with Crippen molar-refractivity contribution in [1.82, 2.24) is 0 Å². The maximum atomic E-state index is 11.6. The van der Waals surface area contributed by atoms with Gasteiger partial charge in [-0.2, -0.15) is 0 Å². The fourth-order valence-electron chi connectivity index (χ4n) is 2.94. The first-order valence-corrected chi connectivity index (χ1v) is 10.1. The van der Waals surface area contributed by atoms with Crippen molar-refractivity contribution >= 4 is 23.0 Å². The van der Waals surface area contributed by atoms with Crippen molar-refractivity contribution in [3.8, 4) is 5.75 Å². The first-order chi connectivity index (χ1) is 14.8. The SMILES string of the molecule is C=C(COc1ccc(N(c2ccc(C)cc2)c2ccc(C)cc2)cc1)OC(=O)C(=C)C. The van der Waals surface area contributed by atoms with Gasteiger partial charge in [0.1, 0.15) is 18.1 Å². The van der Waals surface area contributed by atoms with Gasteiger partial charge in [0.2, 0.25) is 0 Å². The quantitative estimate of drug-likeness (QED) is 0.232. The molecule has 3 rings (SSSR count). The van der Waals surface area contributed by atoms with Gasteiger partial charge in [-0.25, -0.2) is 4.79 Å². The fourth-order valence-corrected chi connectivity index (χ4v) is 2.94. The number of benzene rings is 3. The molecule has 158 valence electrons. The van der Waals surface area contributed by atoms with Crippen molar-refractivity contribution in [2.75, 3.05) is 11.5 Å². The third kappa shape index (κ3) is 5.86. The van der Waals surface area contributed by atoms with Crippen LogP contribution in [-0.2, 0) is 9.53 Å². The summed E-state index contributed by atoms with van der Waals surface area (Å²) in [5.41, 5.74) is 5.89. The minimum atomic E-state index is -0.504. The summed E-state index contributed by atoms with van der Waals surface area (Å²) >= 11 is 0. The predicted octanol–water partition coefficient (Wildman–Crippen LogP) is 6.79. The van der Waals surface area contributed by atoms with Crippen LogP contribution in [0.15, 0.2) is 97.3 Å². The molecule has 0 saturated heterocycles. The largest absolute Gasteiger partial charge is 0.486 e. The lowest BCUT2D eigenvalue weighted by atomic mass is 10.1. The number of hydrogen-bond acceptors (Lipinski definition) is 4. The first kappa shape index (κ1) is 21.9. The molecule has 4 heteroatoms. The number of nitrogens with zero attached hydrogens (tertiary/aromatic N) is 1. The molecular weight excluding hydrogens is 386 g/mol. The highest BCUT2D eigenvalue weighted by molar-refractivity contribution is 5.87. The summed E-state index contributed by atoms with van der Waals surface area (Å²) in [5, 5.41) is 0. The van der Waals surface area contributed by atoms with E-state index in [9.17, 15) is 4.79 Å². The van der Waals surface area contributed by atoms with E-state index in [0.717, 1.165) is 17.1 Å². The van der Waals surface area contributed by atoms with Crippen LogP contribution in [0, 0.1) is 13.8 Å². The van der Waals surface area contributed by atoms with E-state index in [1.807, 2.05) is 24.3 Å². The summed E-state index contributed by atoms with van der Waals surface area (Å²) in [6, 6.07) is 24.6. The molecule has 0 fully saturated rings. The monoisotopic (exact) mass is 413 g/mol. The van der Waals surface area contributed by atoms with Gasteiger partial charge in [0.25, 0.3) is 0 Å². The molecule has 0 atom stereocenters. The molecule has 3 aromatic carbocycles. The van der Waals surface area contributed by atoms with E-state index in [1.54, 1.807) is 6.92 Å². The standard InChI is InChI=1S/C27H27NO3/c1-19(2)27(29)31-22(5)18-30-26-16-14-25(15-17-26)28(23-10-6-20(3)7-11-23)24-12-8-21(4)9-13-24/h6-17H,1,5,18H2,2-4H3. The molecule has 0 bridgehead atoms. The lowest BCUT2D eigenvalue weighted by Crippen LogP contribution is -2.11. The van der Waals surface area contributed by atoms with Gasteiger partial charge in [0.05, 0.1) is 0 Å². The second kappa shape index (κ2) is 9.81. The highest BCUT2D eigenvalue weighted by atomic mass is 16.6. The molecule has 3 aromatic rings. The van der Waals surface area contributed by atoms with Crippen LogP contribution in [0.1, 0.15) is 18.1 Å². The maximum Gasteiger partial charge on any atom is 0.338 e. The molecule has 0 heterocycles. The van der Waals surface area contributed by atoms with E-state index >= 15 is 0 Å². The van der Waals surface area contributed by atoms with E-state index in [4.69, 9.17) is 9.47 Å². The molecule has 0 aliphatic heterocycles. The summed E-state index contributed by atoms with van der Waals surface area (Å²) in [7, 11) is 0. The van der Waals surface area contributed by atoms with Gasteiger partial charge < -0.3 is 14.4 Å². The van der Waals surface area contributed by atoms with Gasteiger partial charge in [-0.15, -0.1) is 0 Å². The Bertz CT molecular complexity index is 1020. The molecule has 0 saturated carbocycles. The zero-order valence-electron chi connectivity index (χ0n) is 18.2. The summed E-state index contributed by atoms with van der Waals surface area (Å²) in [6.07, 6.45) is 0. The molecule has 0 spiro atoms. The summed E-state index contributed by atoms with van der Waals surface area (Å²) in [5.74, 6) is 0.387. The number of anilines is 3. The van der Waals surface area contributed by atoms with Crippen LogP contribution >= 0.6 is 0 Å². The minimum Gasteiger partial charge on any atom is -0.486 e. The Morgan fingerprint density at radius 3 is 1.61 bits per heavy atom. The van der Waals surface area contributed by atoms with Crippen LogP contribution in [0.3, 0.4) is 0 Å². The van der Waals surface area contributed by atoms with E-state index in [1.165, 1.54) is 11.1 Å². The number of ether oxygens (including phenoxy) is 2. The number of carbonyl (C=O) groups is 1. The van der Waals surface area contributed by atoms with Crippen LogP contribution in [0.2, 0.25) is 0 Å². The molecule has 4 nitrogen and oxygen atoms in total. The van der Waals surface area contributed by atoms with Crippen molar-refractivity contribution in [2.24, 2.45) is 0 Å². The molecule has 0 N–H and O–H groups in total.